The van der Waals surface area contributed by atoms with Gasteiger partial charge in [-0.1, -0.05) is 12.1 Å². The molecule has 3 nitrogen and oxygen atoms in total. The van der Waals surface area contributed by atoms with E-state index in [0.29, 0.717) is 17.7 Å². The molecule has 4 N–H and O–H groups in total. The fourth-order valence-corrected chi connectivity index (χ4v) is 2.31. The smallest absolute Gasteiger partial charge is 0.416 e. The Kier molecular flexibility index (Phi) is 5.31. The summed E-state index contributed by atoms with van der Waals surface area (Å²) in [7, 11) is 0. The Morgan fingerprint density at radius 3 is 1.81 bits per heavy atom. The molecule has 0 saturated heterocycles. The molecule has 0 spiro atoms. The van der Waals surface area contributed by atoms with Crippen LogP contribution in [0, 0.1) is 5.41 Å². The summed E-state index contributed by atoms with van der Waals surface area (Å²) in [6, 6.07) is 5.78. The van der Waals surface area contributed by atoms with Crippen LogP contribution in [0.1, 0.15) is 34.7 Å². The molecule has 0 aliphatic carbocycles. The third-order valence-electron chi connectivity index (χ3n) is 3.68. The molecule has 0 aliphatic rings. The molecule has 9 heteroatoms. The minimum atomic E-state index is -4.98. The average Bonchev–Trinajstić information content (AvgIpc) is 2.53. The molecule has 26 heavy (non-hydrogen) atoms. The van der Waals surface area contributed by atoms with Crippen LogP contribution in [-0.2, 0) is 12.4 Å². The Bertz CT molecular complexity index is 764. The van der Waals surface area contributed by atoms with Gasteiger partial charge in [0.2, 0.25) is 0 Å². The molecule has 2 rings (SSSR count). The van der Waals surface area contributed by atoms with Crippen LogP contribution in [0.2, 0.25) is 0 Å². The molecule has 1 atom stereocenters. The van der Waals surface area contributed by atoms with E-state index in [4.69, 9.17) is 11.1 Å². The van der Waals surface area contributed by atoms with Gasteiger partial charge in [0.15, 0.2) is 0 Å². The lowest BCUT2D eigenvalue weighted by Gasteiger charge is -2.17. The van der Waals surface area contributed by atoms with Crippen LogP contribution < -0.4 is 5.73 Å². The first-order valence-electron chi connectivity index (χ1n) is 7.29. The lowest BCUT2D eigenvalue weighted by Crippen LogP contribution is -2.18. The van der Waals surface area contributed by atoms with Crippen molar-refractivity contribution < 1.29 is 31.4 Å². The van der Waals surface area contributed by atoms with E-state index in [-0.39, 0.29) is 18.2 Å². The number of phenols is 1. The fraction of sp³-hybridized carbons (Fsp3) is 0.235. The van der Waals surface area contributed by atoms with Crippen molar-refractivity contribution in [3.63, 3.8) is 0 Å². The fourth-order valence-electron chi connectivity index (χ4n) is 2.31. The lowest BCUT2D eigenvalue weighted by atomic mass is 9.95. The molecule has 140 valence electrons. The van der Waals surface area contributed by atoms with Crippen molar-refractivity contribution in [1.29, 1.82) is 5.41 Å². The van der Waals surface area contributed by atoms with Gasteiger partial charge in [-0.05, 0) is 41.5 Å². The molecule has 0 aliphatic heterocycles. The number of nitrogens with one attached hydrogen (secondary N) is 1. The zero-order valence-electron chi connectivity index (χ0n) is 13.1. The third kappa shape index (κ3) is 4.75. The molecule has 0 amide bonds. The molecular weight excluding hydrogens is 362 g/mol. The number of hydrogen-bond donors (Lipinski definition) is 3. The summed E-state index contributed by atoms with van der Waals surface area (Å²) in [6.07, 6.45) is -10.2. The molecule has 0 aromatic heterocycles. The van der Waals surface area contributed by atoms with Crippen molar-refractivity contribution in [2.45, 2.75) is 24.8 Å². The number of rotatable bonds is 4. The van der Waals surface area contributed by atoms with Gasteiger partial charge in [0.1, 0.15) is 5.75 Å². The van der Waals surface area contributed by atoms with E-state index in [2.05, 4.69) is 0 Å². The quantitative estimate of drug-likeness (QED) is 0.525. The summed E-state index contributed by atoms with van der Waals surface area (Å²) in [5.41, 5.74) is 2.43. The normalized spacial score (nSPS) is 13.5. The van der Waals surface area contributed by atoms with Crippen LogP contribution in [0.25, 0.3) is 0 Å². The maximum atomic E-state index is 12.9. The second-order valence-electron chi connectivity index (χ2n) is 5.68. The minimum absolute atomic E-state index is 0.0106. The Morgan fingerprint density at radius 2 is 1.38 bits per heavy atom. The van der Waals surface area contributed by atoms with Crippen molar-refractivity contribution in [1.82, 2.24) is 0 Å². The number of hydrogen-bond acceptors (Lipinski definition) is 3. The Labute approximate surface area is 144 Å². The van der Waals surface area contributed by atoms with Crippen LogP contribution in [-0.4, -0.2) is 10.8 Å². The Balaban J connectivity index is 2.34. The summed E-state index contributed by atoms with van der Waals surface area (Å²) in [6.45, 7) is 0. The van der Waals surface area contributed by atoms with Crippen LogP contribution in [0.4, 0.5) is 26.3 Å². The van der Waals surface area contributed by atoms with Gasteiger partial charge >= 0.3 is 12.4 Å². The van der Waals surface area contributed by atoms with Gasteiger partial charge in [0.25, 0.3) is 0 Å². The number of alkyl halides is 6. The molecule has 0 heterocycles. The second-order valence-corrected chi connectivity index (χ2v) is 5.68. The van der Waals surface area contributed by atoms with Crippen LogP contribution in [0.5, 0.6) is 5.75 Å². The van der Waals surface area contributed by atoms with Gasteiger partial charge < -0.3 is 16.2 Å². The highest BCUT2D eigenvalue weighted by Gasteiger charge is 2.37. The Morgan fingerprint density at radius 1 is 0.923 bits per heavy atom. The van der Waals surface area contributed by atoms with Gasteiger partial charge in [0, 0.05) is 18.2 Å². The van der Waals surface area contributed by atoms with Gasteiger partial charge in [-0.2, -0.15) is 26.3 Å². The van der Waals surface area contributed by atoms with Crippen molar-refractivity contribution in [3.8, 4) is 5.75 Å². The largest absolute Gasteiger partial charge is 0.508 e. The predicted molar refractivity (Wildman–Crippen MR) is 82.9 cm³/mol. The molecular formula is C17H14F6N2O. The highest BCUT2D eigenvalue weighted by Crippen LogP contribution is 2.36. The predicted octanol–water partition coefficient (Wildman–Crippen LogP) is 4.89. The van der Waals surface area contributed by atoms with E-state index in [1.54, 1.807) is 0 Å². The zero-order valence-corrected chi connectivity index (χ0v) is 13.1. The number of nitrogens with two attached hydrogens (primary N) is 1. The van der Waals surface area contributed by atoms with E-state index in [1.807, 2.05) is 0 Å². The SMILES string of the molecule is N=C(CC(N)c1ccc(O)cc1)c1cc(C(F)(F)F)cc(C(F)(F)F)c1. The van der Waals surface area contributed by atoms with E-state index in [1.165, 1.54) is 24.3 Å². The summed E-state index contributed by atoms with van der Waals surface area (Å²) >= 11 is 0. The topological polar surface area (TPSA) is 70.1 Å². The molecule has 0 bridgehead atoms. The molecule has 0 fully saturated rings. The van der Waals surface area contributed by atoms with Crippen molar-refractivity contribution in [3.05, 3.63) is 64.7 Å². The lowest BCUT2D eigenvalue weighted by molar-refractivity contribution is -0.143. The van der Waals surface area contributed by atoms with E-state index in [0.717, 1.165) is 0 Å². The number of halogens is 6. The molecule has 0 saturated carbocycles. The number of phenolic OH excluding ortho intramolecular Hbond substituents is 1. The van der Waals surface area contributed by atoms with E-state index >= 15 is 0 Å². The van der Waals surface area contributed by atoms with Crippen LogP contribution in [0.3, 0.4) is 0 Å². The maximum Gasteiger partial charge on any atom is 0.416 e. The van der Waals surface area contributed by atoms with Gasteiger partial charge in [-0.3, -0.25) is 0 Å². The first kappa shape index (κ1) is 19.8. The molecule has 1 unspecified atom stereocenters. The second kappa shape index (κ2) is 6.99. The zero-order chi connectivity index (χ0) is 19.7. The van der Waals surface area contributed by atoms with Crippen molar-refractivity contribution in [2.24, 2.45) is 5.73 Å². The maximum absolute atomic E-state index is 12.9. The minimum Gasteiger partial charge on any atom is -0.508 e. The molecule has 2 aromatic rings. The molecule has 0 radical (unpaired) electrons. The molecule has 2 aromatic carbocycles. The van der Waals surface area contributed by atoms with Crippen LogP contribution in [0.15, 0.2) is 42.5 Å². The number of aromatic hydroxyl groups is 1. The van der Waals surface area contributed by atoms with Gasteiger partial charge in [-0.15, -0.1) is 0 Å². The summed E-state index contributed by atoms with van der Waals surface area (Å²) < 4.78 is 77.3. The van der Waals surface area contributed by atoms with Gasteiger partial charge in [-0.25, -0.2) is 0 Å². The third-order valence-corrected chi connectivity index (χ3v) is 3.68. The van der Waals surface area contributed by atoms with Crippen molar-refractivity contribution >= 4 is 5.71 Å². The standard InChI is InChI=1S/C17H14F6N2O/c18-16(19,20)11-5-10(6-12(7-11)17(21,22)23)15(25)8-14(24)9-1-3-13(26)4-2-9/h1-7,14,25-26H,8,24H2. The highest BCUT2D eigenvalue weighted by molar-refractivity contribution is 5.99. The first-order chi connectivity index (χ1) is 11.9. The average molecular weight is 376 g/mol. The van der Waals surface area contributed by atoms with Crippen LogP contribution >= 0.6 is 0 Å². The van der Waals surface area contributed by atoms with E-state index < -0.39 is 40.8 Å². The first-order valence-corrected chi connectivity index (χ1v) is 7.29. The monoisotopic (exact) mass is 376 g/mol. The summed E-state index contributed by atoms with van der Waals surface area (Å²) in [5, 5.41) is 17.1. The summed E-state index contributed by atoms with van der Waals surface area (Å²) in [5.74, 6) is -0.0243. The van der Waals surface area contributed by atoms with Gasteiger partial charge in [0.05, 0.1) is 11.1 Å². The Hall–Kier alpha value is -2.55. The summed E-state index contributed by atoms with van der Waals surface area (Å²) in [4.78, 5) is 0. The van der Waals surface area contributed by atoms with E-state index in [9.17, 15) is 31.4 Å². The highest BCUT2D eigenvalue weighted by atomic mass is 19.4. The van der Waals surface area contributed by atoms with Crippen molar-refractivity contribution in [2.75, 3.05) is 0 Å². The number of benzene rings is 2.